The lowest BCUT2D eigenvalue weighted by atomic mass is 10.0. The quantitative estimate of drug-likeness (QED) is 0.614. The van der Waals surface area contributed by atoms with Crippen molar-refractivity contribution >= 4 is 23.2 Å². The Bertz CT molecular complexity index is 700. The van der Waals surface area contributed by atoms with E-state index in [9.17, 15) is 10.1 Å². The predicted octanol–water partition coefficient (Wildman–Crippen LogP) is 4.27. The van der Waals surface area contributed by atoms with Crippen molar-refractivity contribution in [2.24, 2.45) is 4.99 Å². The first-order valence-electron chi connectivity index (χ1n) is 6.66. The first-order chi connectivity index (χ1) is 10.2. The molecule has 2 atom stereocenters. The van der Waals surface area contributed by atoms with Gasteiger partial charge in [0.25, 0.3) is 6.04 Å². The molecule has 2 aromatic carbocycles. The Morgan fingerprint density at radius 1 is 1.10 bits per heavy atom. The number of nitro groups is 1. The summed E-state index contributed by atoms with van der Waals surface area (Å²) in [6.07, 6.45) is 0. The Morgan fingerprint density at radius 2 is 1.76 bits per heavy atom. The number of para-hydroxylation sites is 1. The summed E-state index contributed by atoms with van der Waals surface area (Å²) >= 11 is 1.51. The van der Waals surface area contributed by atoms with Crippen LogP contribution in [0.1, 0.15) is 17.7 Å². The minimum atomic E-state index is -0.815. The molecule has 1 heterocycles. The Labute approximate surface area is 127 Å². The summed E-state index contributed by atoms with van der Waals surface area (Å²) in [7, 11) is 0. The van der Waals surface area contributed by atoms with Crippen LogP contribution < -0.4 is 0 Å². The van der Waals surface area contributed by atoms with Crippen molar-refractivity contribution in [3.63, 3.8) is 0 Å². The highest BCUT2D eigenvalue weighted by Crippen LogP contribution is 2.45. The lowest BCUT2D eigenvalue weighted by Crippen LogP contribution is -2.32. The summed E-state index contributed by atoms with van der Waals surface area (Å²) in [6, 6.07) is 16.5. The van der Waals surface area contributed by atoms with Gasteiger partial charge in [0.1, 0.15) is 5.25 Å². The summed E-state index contributed by atoms with van der Waals surface area (Å²) in [6.45, 7) is 1.74. The molecular weight excluding hydrogens is 284 g/mol. The molecular formula is C16H14N2O2S. The lowest BCUT2D eigenvalue weighted by molar-refractivity contribution is -0.502. The number of aliphatic imine (C=N–C) groups is 1. The van der Waals surface area contributed by atoms with Crippen LogP contribution in [0.25, 0.3) is 0 Å². The molecule has 5 heteroatoms. The van der Waals surface area contributed by atoms with Crippen molar-refractivity contribution in [1.82, 2.24) is 0 Å². The van der Waals surface area contributed by atoms with E-state index in [1.807, 2.05) is 54.6 Å². The largest absolute Gasteiger partial charge is 0.266 e. The first kappa shape index (κ1) is 13.8. The summed E-state index contributed by atoms with van der Waals surface area (Å²) < 4.78 is 0. The normalized spacial score (nSPS) is 21.1. The molecule has 4 nitrogen and oxygen atoms in total. The Balaban J connectivity index is 2.13. The van der Waals surface area contributed by atoms with Crippen molar-refractivity contribution in [3.05, 3.63) is 70.3 Å². The maximum absolute atomic E-state index is 11.6. The average molecular weight is 298 g/mol. The van der Waals surface area contributed by atoms with Crippen LogP contribution in [0.3, 0.4) is 0 Å². The molecule has 106 valence electrons. The zero-order valence-corrected chi connectivity index (χ0v) is 12.3. The molecule has 0 spiro atoms. The minimum Gasteiger partial charge on any atom is -0.264 e. The van der Waals surface area contributed by atoms with E-state index in [0.717, 1.165) is 16.1 Å². The molecule has 0 saturated carbocycles. The molecule has 0 radical (unpaired) electrons. The van der Waals surface area contributed by atoms with Gasteiger partial charge in [-0.3, -0.25) is 10.1 Å². The lowest BCUT2D eigenvalue weighted by Gasteiger charge is -2.18. The third-order valence-corrected chi connectivity index (χ3v) is 4.87. The smallest absolute Gasteiger partial charge is 0.264 e. The zero-order valence-electron chi connectivity index (χ0n) is 11.5. The second kappa shape index (κ2) is 5.69. The van der Waals surface area contributed by atoms with Crippen molar-refractivity contribution in [3.8, 4) is 0 Å². The summed E-state index contributed by atoms with van der Waals surface area (Å²) in [4.78, 5) is 16.8. The average Bonchev–Trinajstić information content (AvgIpc) is 2.63. The van der Waals surface area contributed by atoms with Gasteiger partial charge < -0.3 is 0 Å². The molecule has 0 aliphatic carbocycles. The molecule has 1 aliphatic rings. The van der Waals surface area contributed by atoms with E-state index >= 15 is 0 Å². The summed E-state index contributed by atoms with van der Waals surface area (Å²) in [5.41, 5.74) is 2.31. The maximum atomic E-state index is 11.6. The van der Waals surface area contributed by atoms with Gasteiger partial charge in [0.15, 0.2) is 0 Å². The van der Waals surface area contributed by atoms with E-state index in [2.05, 4.69) is 4.99 Å². The van der Waals surface area contributed by atoms with E-state index in [1.54, 1.807) is 6.92 Å². The molecule has 21 heavy (non-hydrogen) atoms. The van der Waals surface area contributed by atoms with E-state index in [1.165, 1.54) is 11.8 Å². The number of fused-ring (bicyclic) bond motifs is 1. The second-order valence-electron chi connectivity index (χ2n) is 4.90. The minimum absolute atomic E-state index is 0.227. The van der Waals surface area contributed by atoms with Crippen LogP contribution in [0, 0.1) is 10.1 Å². The molecule has 0 amide bonds. The van der Waals surface area contributed by atoms with Crippen LogP contribution in [0.4, 0.5) is 5.69 Å². The fraction of sp³-hybridized carbons (Fsp3) is 0.188. The van der Waals surface area contributed by atoms with Crippen molar-refractivity contribution < 1.29 is 4.92 Å². The van der Waals surface area contributed by atoms with Crippen LogP contribution in [0.2, 0.25) is 0 Å². The van der Waals surface area contributed by atoms with Gasteiger partial charge in [0, 0.05) is 9.82 Å². The van der Waals surface area contributed by atoms with Gasteiger partial charge in [-0.15, -0.1) is 11.8 Å². The monoisotopic (exact) mass is 298 g/mol. The molecule has 2 unspecified atom stereocenters. The molecule has 1 aliphatic heterocycles. The van der Waals surface area contributed by atoms with Crippen LogP contribution in [-0.2, 0) is 0 Å². The summed E-state index contributed by atoms with van der Waals surface area (Å²) in [5.74, 6) is 0. The number of nitrogens with zero attached hydrogens (tertiary/aromatic N) is 2. The van der Waals surface area contributed by atoms with Crippen LogP contribution in [-0.4, -0.2) is 16.7 Å². The third-order valence-electron chi connectivity index (χ3n) is 3.49. The van der Waals surface area contributed by atoms with Crippen LogP contribution in [0.15, 0.2) is 64.5 Å². The Morgan fingerprint density at radius 3 is 2.48 bits per heavy atom. The van der Waals surface area contributed by atoms with Gasteiger partial charge in [-0.25, -0.2) is 4.99 Å². The molecule has 3 rings (SSSR count). The molecule has 0 saturated heterocycles. The highest BCUT2D eigenvalue weighted by Gasteiger charge is 2.38. The van der Waals surface area contributed by atoms with E-state index in [4.69, 9.17) is 0 Å². The van der Waals surface area contributed by atoms with E-state index in [-0.39, 0.29) is 10.2 Å². The first-order valence-corrected chi connectivity index (χ1v) is 7.54. The predicted molar refractivity (Wildman–Crippen MR) is 85.0 cm³/mol. The van der Waals surface area contributed by atoms with Gasteiger partial charge in [-0.2, -0.15) is 0 Å². The molecule has 0 aromatic heterocycles. The van der Waals surface area contributed by atoms with Gasteiger partial charge in [0.05, 0.1) is 11.4 Å². The van der Waals surface area contributed by atoms with E-state index in [0.29, 0.717) is 5.71 Å². The van der Waals surface area contributed by atoms with Crippen molar-refractivity contribution in [1.29, 1.82) is 0 Å². The zero-order chi connectivity index (χ0) is 14.8. The number of hydrogen-bond acceptors (Lipinski definition) is 4. The molecule has 0 fully saturated rings. The second-order valence-corrected chi connectivity index (χ2v) is 6.08. The van der Waals surface area contributed by atoms with Crippen LogP contribution in [0.5, 0.6) is 0 Å². The van der Waals surface area contributed by atoms with Gasteiger partial charge in [0.2, 0.25) is 0 Å². The maximum Gasteiger partial charge on any atom is 0.266 e. The third kappa shape index (κ3) is 2.69. The number of hydrogen-bond donors (Lipinski definition) is 0. The van der Waals surface area contributed by atoms with Gasteiger partial charge >= 0.3 is 0 Å². The number of thioether (sulfide) groups is 1. The van der Waals surface area contributed by atoms with Gasteiger partial charge in [-0.1, -0.05) is 42.5 Å². The molecule has 2 aromatic rings. The van der Waals surface area contributed by atoms with E-state index < -0.39 is 6.04 Å². The Kier molecular flexibility index (Phi) is 3.75. The van der Waals surface area contributed by atoms with Gasteiger partial charge in [-0.05, 0) is 24.6 Å². The highest BCUT2D eigenvalue weighted by atomic mass is 32.2. The number of rotatable bonds is 2. The topological polar surface area (TPSA) is 55.5 Å². The number of benzene rings is 2. The molecule has 0 bridgehead atoms. The van der Waals surface area contributed by atoms with Crippen molar-refractivity contribution in [2.45, 2.75) is 23.1 Å². The SMILES string of the molecule is CC1=Nc2ccccc2SC(c2ccccc2)C1[N+](=O)[O-]. The van der Waals surface area contributed by atoms with Crippen molar-refractivity contribution in [2.75, 3.05) is 0 Å². The molecule has 0 N–H and O–H groups in total. The fourth-order valence-corrected chi connectivity index (χ4v) is 3.87. The fourth-order valence-electron chi connectivity index (χ4n) is 2.48. The highest BCUT2D eigenvalue weighted by molar-refractivity contribution is 7.99. The standard InChI is InChI=1S/C16H14N2O2S/c1-11-15(18(19)20)16(12-7-3-2-4-8-12)21-14-10-6-5-9-13(14)17-11/h2-10,15-16H,1H3. The summed E-state index contributed by atoms with van der Waals surface area (Å²) in [5, 5.41) is 11.3. The van der Waals surface area contributed by atoms with Crippen LogP contribution >= 0.6 is 11.8 Å². The Hall–Kier alpha value is -2.14.